The summed E-state index contributed by atoms with van der Waals surface area (Å²) >= 11 is 0. The minimum absolute atomic E-state index is 0.0127. The highest BCUT2D eigenvalue weighted by molar-refractivity contribution is 5.82. The summed E-state index contributed by atoms with van der Waals surface area (Å²) in [6.45, 7) is 3.34. The zero-order chi connectivity index (χ0) is 16.0. The molecule has 6 nitrogen and oxygen atoms in total. The van der Waals surface area contributed by atoms with Crippen molar-refractivity contribution in [2.45, 2.75) is 44.2 Å². The molecule has 1 amide bonds. The molecule has 0 bridgehead atoms. The molecule has 0 spiro atoms. The van der Waals surface area contributed by atoms with Crippen molar-refractivity contribution in [3.63, 3.8) is 0 Å². The van der Waals surface area contributed by atoms with Crippen molar-refractivity contribution in [2.24, 2.45) is 5.92 Å². The summed E-state index contributed by atoms with van der Waals surface area (Å²) in [4.78, 5) is 28.3. The van der Waals surface area contributed by atoms with Gasteiger partial charge in [0.15, 0.2) is 0 Å². The van der Waals surface area contributed by atoms with Crippen LogP contribution in [0.4, 0.5) is 0 Å². The Bertz CT molecular complexity index is 661. The van der Waals surface area contributed by atoms with E-state index in [2.05, 4.69) is 10.00 Å². The van der Waals surface area contributed by atoms with Crippen molar-refractivity contribution in [2.75, 3.05) is 26.7 Å². The SMILES string of the molecule is CN1CCCC(N2CC(Cn3nc(C4CC4)ccc3=O)C2)C1=O. The predicted molar refractivity (Wildman–Crippen MR) is 86.2 cm³/mol. The molecule has 124 valence electrons. The number of carbonyl (C=O) groups excluding carboxylic acids is 1. The van der Waals surface area contributed by atoms with Gasteiger partial charge in [0.25, 0.3) is 5.56 Å². The number of nitrogens with zero attached hydrogens (tertiary/aromatic N) is 4. The van der Waals surface area contributed by atoms with Crippen LogP contribution >= 0.6 is 0 Å². The largest absolute Gasteiger partial charge is 0.344 e. The molecule has 0 radical (unpaired) electrons. The third kappa shape index (κ3) is 2.92. The average molecular weight is 316 g/mol. The lowest BCUT2D eigenvalue weighted by Gasteiger charge is -2.46. The number of rotatable bonds is 4. The van der Waals surface area contributed by atoms with Crippen LogP contribution in [0.3, 0.4) is 0 Å². The molecule has 1 unspecified atom stereocenters. The first-order valence-electron chi connectivity index (χ1n) is 8.69. The second-order valence-corrected chi connectivity index (χ2v) is 7.29. The molecule has 3 aliphatic rings. The van der Waals surface area contributed by atoms with E-state index in [1.807, 2.05) is 18.0 Å². The number of amides is 1. The lowest BCUT2D eigenvalue weighted by Crippen LogP contribution is -2.60. The first-order chi connectivity index (χ1) is 11.1. The van der Waals surface area contributed by atoms with E-state index in [1.165, 1.54) is 12.8 Å². The molecular formula is C17H24N4O2. The summed E-state index contributed by atoms with van der Waals surface area (Å²) in [5.74, 6) is 1.24. The van der Waals surface area contributed by atoms with Gasteiger partial charge in [0, 0.05) is 44.6 Å². The zero-order valence-electron chi connectivity index (χ0n) is 13.6. The van der Waals surface area contributed by atoms with Gasteiger partial charge in [-0.05, 0) is 31.7 Å². The molecule has 2 saturated heterocycles. The zero-order valence-corrected chi connectivity index (χ0v) is 13.6. The van der Waals surface area contributed by atoms with Crippen LogP contribution in [0.25, 0.3) is 0 Å². The highest BCUT2D eigenvalue weighted by Crippen LogP contribution is 2.38. The smallest absolute Gasteiger partial charge is 0.266 e. The maximum Gasteiger partial charge on any atom is 0.266 e. The number of piperidine rings is 1. The fourth-order valence-electron chi connectivity index (χ4n) is 3.77. The summed E-state index contributed by atoms with van der Waals surface area (Å²) in [7, 11) is 1.89. The normalized spacial score (nSPS) is 26.4. The fourth-order valence-corrected chi connectivity index (χ4v) is 3.77. The van der Waals surface area contributed by atoms with Gasteiger partial charge in [-0.25, -0.2) is 4.68 Å². The first-order valence-corrected chi connectivity index (χ1v) is 8.69. The number of hydrogen-bond donors (Lipinski definition) is 0. The summed E-state index contributed by atoms with van der Waals surface area (Å²) < 4.78 is 1.63. The molecule has 1 atom stereocenters. The minimum atomic E-state index is -0.0127. The van der Waals surface area contributed by atoms with Gasteiger partial charge >= 0.3 is 0 Å². The quantitative estimate of drug-likeness (QED) is 0.819. The van der Waals surface area contributed by atoms with Crippen LogP contribution in [0, 0.1) is 5.92 Å². The monoisotopic (exact) mass is 316 g/mol. The lowest BCUT2D eigenvalue weighted by molar-refractivity contribution is -0.142. The second kappa shape index (κ2) is 5.74. The molecule has 3 fully saturated rings. The van der Waals surface area contributed by atoms with Crippen LogP contribution in [0.15, 0.2) is 16.9 Å². The molecule has 1 aromatic heterocycles. The van der Waals surface area contributed by atoms with Gasteiger partial charge in [0.1, 0.15) is 0 Å². The molecular weight excluding hydrogens is 292 g/mol. The maximum absolute atomic E-state index is 12.2. The molecule has 3 heterocycles. The highest BCUT2D eigenvalue weighted by atomic mass is 16.2. The summed E-state index contributed by atoms with van der Waals surface area (Å²) in [6, 6.07) is 3.57. The van der Waals surface area contributed by atoms with Gasteiger partial charge in [0.05, 0.1) is 18.3 Å². The van der Waals surface area contributed by atoms with E-state index in [9.17, 15) is 9.59 Å². The maximum atomic E-state index is 12.2. The molecule has 6 heteroatoms. The second-order valence-electron chi connectivity index (χ2n) is 7.29. The van der Waals surface area contributed by atoms with Crippen molar-refractivity contribution in [3.8, 4) is 0 Å². The lowest BCUT2D eigenvalue weighted by atomic mass is 9.93. The number of carbonyl (C=O) groups is 1. The fraction of sp³-hybridized carbons (Fsp3) is 0.706. The van der Waals surface area contributed by atoms with Crippen LogP contribution < -0.4 is 5.56 Å². The van der Waals surface area contributed by atoms with E-state index in [0.717, 1.165) is 38.2 Å². The Balaban J connectivity index is 1.36. The Morgan fingerprint density at radius 2 is 1.96 bits per heavy atom. The van der Waals surface area contributed by atoms with Gasteiger partial charge in [-0.3, -0.25) is 14.5 Å². The van der Waals surface area contributed by atoms with Gasteiger partial charge in [0.2, 0.25) is 5.91 Å². The van der Waals surface area contributed by atoms with Crippen molar-refractivity contribution < 1.29 is 4.79 Å². The van der Waals surface area contributed by atoms with E-state index in [0.29, 0.717) is 18.4 Å². The van der Waals surface area contributed by atoms with E-state index in [4.69, 9.17) is 0 Å². The van der Waals surface area contributed by atoms with Crippen LogP contribution in [-0.4, -0.2) is 58.2 Å². The van der Waals surface area contributed by atoms with Crippen molar-refractivity contribution in [1.82, 2.24) is 19.6 Å². The molecule has 4 rings (SSSR count). The number of aromatic nitrogens is 2. The van der Waals surface area contributed by atoms with E-state index >= 15 is 0 Å². The van der Waals surface area contributed by atoms with Crippen molar-refractivity contribution in [3.05, 3.63) is 28.2 Å². The Morgan fingerprint density at radius 3 is 2.70 bits per heavy atom. The third-order valence-electron chi connectivity index (χ3n) is 5.37. The third-order valence-corrected chi connectivity index (χ3v) is 5.37. The Labute approximate surface area is 136 Å². The molecule has 1 aliphatic carbocycles. The summed E-state index contributed by atoms with van der Waals surface area (Å²) in [5, 5.41) is 4.53. The van der Waals surface area contributed by atoms with Crippen molar-refractivity contribution >= 4 is 5.91 Å². The van der Waals surface area contributed by atoms with Crippen LogP contribution in [0.2, 0.25) is 0 Å². The summed E-state index contributed by atoms with van der Waals surface area (Å²) in [5.41, 5.74) is 1.05. The van der Waals surface area contributed by atoms with Crippen molar-refractivity contribution in [1.29, 1.82) is 0 Å². The summed E-state index contributed by atoms with van der Waals surface area (Å²) in [6.07, 6.45) is 4.43. The van der Waals surface area contributed by atoms with Crippen LogP contribution in [-0.2, 0) is 11.3 Å². The Morgan fingerprint density at radius 1 is 1.17 bits per heavy atom. The predicted octanol–water partition coefficient (Wildman–Crippen LogP) is 0.673. The molecule has 0 N–H and O–H groups in total. The number of likely N-dealkylation sites (N-methyl/N-ethyl adjacent to an activating group) is 1. The van der Waals surface area contributed by atoms with Crippen LogP contribution in [0.5, 0.6) is 0 Å². The van der Waals surface area contributed by atoms with E-state index in [1.54, 1.807) is 10.7 Å². The number of likely N-dealkylation sites (tertiary alicyclic amines) is 2. The standard InChI is InChI=1S/C17H24N4O2/c1-19-8-2-3-15(17(19)23)20-9-12(10-20)11-21-16(22)7-6-14(18-21)13-4-5-13/h6-7,12-13,15H,2-5,8-11H2,1H3. The highest BCUT2D eigenvalue weighted by Gasteiger charge is 2.39. The molecule has 1 aromatic rings. The van der Waals surface area contributed by atoms with Crippen LogP contribution in [0.1, 0.15) is 37.3 Å². The van der Waals surface area contributed by atoms with Gasteiger partial charge in [-0.2, -0.15) is 5.10 Å². The molecule has 23 heavy (non-hydrogen) atoms. The average Bonchev–Trinajstić information content (AvgIpc) is 3.32. The molecule has 0 aromatic carbocycles. The molecule has 1 saturated carbocycles. The Kier molecular flexibility index (Phi) is 3.71. The molecule has 2 aliphatic heterocycles. The first kappa shape index (κ1) is 14.9. The van der Waals surface area contributed by atoms with E-state index in [-0.39, 0.29) is 17.5 Å². The van der Waals surface area contributed by atoms with Gasteiger partial charge in [-0.1, -0.05) is 0 Å². The number of hydrogen-bond acceptors (Lipinski definition) is 4. The van der Waals surface area contributed by atoms with E-state index < -0.39 is 0 Å². The van der Waals surface area contributed by atoms with Gasteiger partial charge < -0.3 is 4.90 Å². The van der Waals surface area contributed by atoms with Gasteiger partial charge in [-0.15, -0.1) is 0 Å². The minimum Gasteiger partial charge on any atom is -0.344 e. The topological polar surface area (TPSA) is 58.4 Å². The Hall–Kier alpha value is -1.69.